The minimum Gasteiger partial charge on any atom is -0.481 e. The summed E-state index contributed by atoms with van der Waals surface area (Å²) >= 11 is 0. The lowest BCUT2D eigenvalue weighted by atomic mass is 10.0. The molecule has 0 fully saturated rings. The number of rotatable bonds is 4. The van der Waals surface area contributed by atoms with E-state index in [9.17, 15) is 22.4 Å². The molecule has 116 valence electrons. The van der Waals surface area contributed by atoms with Crippen molar-refractivity contribution >= 4 is 5.97 Å². The summed E-state index contributed by atoms with van der Waals surface area (Å²) in [5.41, 5.74) is 0.640. The van der Waals surface area contributed by atoms with Crippen LogP contribution in [-0.4, -0.2) is 17.4 Å². The van der Waals surface area contributed by atoms with Crippen LogP contribution in [-0.2, 0) is 11.2 Å². The van der Waals surface area contributed by atoms with Gasteiger partial charge in [0.05, 0.1) is 6.42 Å². The van der Waals surface area contributed by atoms with Gasteiger partial charge in [-0.3, -0.25) is 4.79 Å². The Labute approximate surface area is 122 Å². The summed E-state index contributed by atoms with van der Waals surface area (Å²) < 4.78 is 54.1. The molecule has 0 spiro atoms. The second kappa shape index (κ2) is 6.05. The number of alkyl halides is 3. The van der Waals surface area contributed by atoms with E-state index in [-0.39, 0.29) is 5.56 Å². The van der Waals surface area contributed by atoms with Crippen LogP contribution in [0.3, 0.4) is 0 Å². The molecule has 0 bridgehead atoms. The van der Waals surface area contributed by atoms with Gasteiger partial charge < -0.3 is 9.84 Å². The van der Waals surface area contributed by atoms with E-state index >= 15 is 0 Å². The zero-order chi connectivity index (χ0) is 16.3. The first-order valence-electron chi connectivity index (χ1n) is 6.11. The standard InChI is InChI=1S/C15H10F4O3/c16-13-7-10(4-5-11(13)8-14(20)21)9-2-1-3-12(6-9)22-15(17,18)19/h1-7H,8H2,(H,20,21). The fourth-order valence-corrected chi connectivity index (χ4v) is 1.91. The van der Waals surface area contributed by atoms with Gasteiger partial charge in [-0.25, -0.2) is 4.39 Å². The highest BCUT2D eigenvalue weighted by Gasteiger charge is 2.31. The minimum atomic E-state index is -4.81. The minimum absolute atomic E-state index is 0.000976. The maximum atomic E-state index is 13.8. The predicted octanol–water partition coefficient (Wildman–Crippen LogP) is 4.02. The van der Waals surface area contributed by atoms with E-state index in [0.717, 1.165) is 18.2 Å². The summed E-state index contributed by atoms with van der Waals surface area (Å²) in [6, 6.07) is 8.90. The fraction of sp³-hybridized carbons (Fsp3) is 0.133. The van der Waals surface area contributed by atoms with E-state index in [1.165, 1.54) is 24.3 Å². The molecule has 0 radical (unpaired) electrons. The number of carbonyl (C=O) groups is 1. The molecule has 0 atom stereocenters. The monoisotopic (exact) mass is 314 g/mol. The van der Waals surface area contributed by atoms with Crippen LogP contribution in [0.4, 0.5) is 17.6 Å². The zero-order valence-electron chi connectivity index (χ0n) is 11.0. The molecule has 0 amide bonds. The van der Waals surface area contributed by atoms with Crippen molar-refractivity contribution < 1.29 is 32.2 Å². The molecule has 0 heterocycles. The second-order valence-electron chi connectivity index (χ2n) is 4.45. The average molecular weight is 314 g/mol. The molecular formula is C15H10F4O3. The SMILES string of the molecule is O=C(O)Cc1ccc(-c2cccc(OC(F)(F)F)c2)cc1F. The van der Waals surface area contributed by atoms with Crippen molar-refractivity contribution in [3.8, 4) is 16.9 Å². The summed E-state index contributed by atoms with van der Waals surface area (Å²) in [4.78, 5) is 10.6. The fourth-order valence-electron chi connectivity index (χ4n) is 1.91. The predicted molar refractivity (Wildman–Crippen MR) is 69.9 cm³/mol. The van der Waals surface area contributed by atoms with Gasteiger partial charge >= 0.3 is 12.3 Å². The van der Waals surface area contributed by atoms with Crippen molar-refractivity contribution in [3.63, 3.8) is 0 Å². The molecule has 0 unspecified atom stereocenters. The average Bonchev–Trinajstić information content (AvgIpc) is 2.39. The molecule has 0 aliphatic heterocycles. The Morgan fingerprint density at radius 2 is 1.77 bits per heavy atom. The van der Waals surface area contributed by atoms with E-state index in [4.69, 9.17) is 5.11 Å². The topological polar surface area (TPSA) is 46.5 Å². The van der Waals surface area contributed by atoms with E-state index < -0.39 is 30.3 Å². The lowest BCUT2D eigenvalue weighted by Crippen LogP contribution is -2.17. The van der Waals surface area contributed by atoms with Crippen molar-refractivity contribution in [2.45, 2.75) is 12.8 Å². The Morgan fingerprint density at radius 3 is 2.36 bits per heavy atom. The van der Waals surface area contributed by atoms with Gasteiger partial charge in [0, 0.05) is 0 Å². The normalized spacial score (nSPS) is 11.3. The molecule has 0 saturated heterocycles. The van der Waals surface area contributed by atoms with Gasteiger partial charge in [-0.05, 0) is 34.9 Å². The van der Waals surface area contributed by atoms with Crippen molar-refractivity contribution in [3.05, 3.63) is 53.8 Å². The first-order chi connectivity index (χ1) is 10.2. The molecule has 7 heteroatoms. The van der Waals surface area contributed by atoms with Gasteiger partial charge in [-0.1, -0.05) is 24.3 Å². The third kappa shape index (κ3) is 4.21. The molecule has 2 aromatic carbocycles. The van der Waals surface area contributed by atoms with Crippen molar-refractivity contribution in [1.29, 1.82) is 0 Å². The third-order valence-electron chi connectivity index (χ3n) is 2.80. The van der Waals surface area contributed by atoms with Gasteiger partial charge in [0.25, 0.3) is 0 Å². The van der Waals surface area contributed by atoms with Crippen LogP contribution in [0.1, 0.15) is 5.56 Å². The van der Waals surface area contributed by atoms with Crippen LogP contribution in [0.15, 0.2) is 42.5 Å². The Morgan fingerprint density at radius 1 is 1.09 bits per heavy atom. The molecule has 22 heavy (non-hydrogen) atoms. The number of hydrogen-bond donors (Lipinski definition) is 1. The molecule has 0 saturated carbocycles. The summed E-state index contributed by atoms with van der Waals surface area (Å²) in [5.74, 6) is -2.32. The lowest BCUT2D eigenvalue weighted by molar-refractivity contribution is -0.274. The van der Waals surface area contributed by atoms with Gasteiger partial charge in [-0.15, -0.1) is 13.2 Å². The number of aliphatic carboxylic acids is 1. The smallest absolute Gasteiger partial charge is 0.481 e. The molecule has 2 rings (SSSR count). The van der Waals surface area contributed by atoms with E-state index in [1.807, 2.05) is 0 Å². The van der Waals surface area contributed by atoms with E-state index in [1.54, 1.807) is 0 Å². The maximum absolute atomic E-state index is 13.8. The molecule has 2 aromatic rings. The highest BCUT2D eigenvalue weighted by atomic mass is 19.4. The van der Waals surface area contributed by atoms with Crippen LogP contribution in [0.2, 0.25) is 0 Å². The Balaban J connectivity index is 2.30. The van der Waals surface area contributed by atoms with Gasteiger partial charge in [0.15, 0.2) is 0 Å². The highest BCUT2D eigenvalue weighted by Crippen LogP contribution is 2.28. The Hall–Kier alpha value is -2.57. The summed E-state index contributed by atoms with van der Waals surface area (Å²) in [5, 5.41) is 8.63. The second-order valence-corrected chi connectivity index (χ2v) is 4.45. The summed E-state index contributed by atoms with van der Waals surface area (Å²) in [7, 11) is 0. The molecular weight excluding hydrogens is 304 g/mol. The van der Waals surface area contributed by atoms with Gasteiger partial charge in [0.2, 0.25) is 0 Å². The summed E-state index contributed by atoms with van der Waals surface area (Å²) in [6.45, 7) is 0. The first kappa shape index (κ1) is 15.8. The number of benzene rings is 2. The van der Waals surface area contributed by atoms with Crippen LogP contribution < -0.4 is 4.74 Å². The molecule has 3 nitrogen and oxygen atoms in total. The van der Waals surface area contributed by atoms with E-state index in [0.29, 0.717) is 11.1 Å². The Kier molecular flexibility index (Phi) is 4.35. The first-order valence-corrected chi connectivity index (χ1v) is 6.11. The number of carboxylic acids is 1. The molecule has 1 N–H and O–H groups in total. The lowest BCUT2D eigenvalue weighted by Gasteiger charge is -2.10. The molecule has 0 aromatic heterocycles. The number of ether oxygens (including phenoxy) is 1. The number of hydrogen-bond acceptors (Lipinski definition) is 2. The number of halogens is 4. The van der Waals surface area contributed by atoms with Gasteiger partial charge in [-0.2, -0.15) is 0 Å². The number of carboxylic acid groups (broad SMARTS) is 1. The third-order valence-corrected chi connectivity index (χ3v) is 2.80. The molecule has 0 aliphatic carbocycles. The quantitative estimate of drug-likeness (QED) is 0.867. The Bertz CT molecular complexity index is 695. The van der Waals surface area contributed by atoms with Gasteiger partial charge in [0.1, 0.15) is 11.6 Å². The van der Waals surface area contributed by atoms with Crippen molar-refractivity contribution in [2.24, 2.45) is 0 Å². The van der Waals surface area contributed by atoms with Crippen LogP contribution >= 0.6 is 0 Å². The van der Waals surface area contributed by atoms with Crippen LogP contribution in [0.5, 0.6) is 5.75 Å². The highest BCUT2D eigenvalue weighted by molar-refractivity contribution is 5.71. The largest absolute Gasteiger partial charge is 0.573 e. The summed E-state index contributed by atoms with van der Waals surface area (Å²) in [6.07, 6.45) is -5.28. The molecule has 0 aliphatic rings. The van der Waals surface area contributed by atoms with Crippen LogP contribution in [0, 0.1) is 5.82 Å². The van der Waals surface area contributed by atoms with Crippen molar-refractivity contribution in [2.75, 3.05) is 0 Å². The van der Waals surface area contributed by atoms with E-state index in [2.05, 4.69) is 4.74 Å². The van der Waals surface area contributed by atoms with Crippen LogP contribution in [0.25, 0.3) is 11.1 Å². The maximum Gasteiger partial charge on any atom is 0.573 e. The van der Waals surface area contributed by atoms with Crippen molar-refractivity contribution in [1.82, 2.24) is 0 Å². The zero-order valence-corrected chi connectivity index (χ0v) is 11.0.